The van der Waals surface area contributed by atoms with E-state index in [0.29, 0.717) is 0 Å². The monoisotopic (exact) mass is 608 g/mol. The van der Waals surface area contributed by atoms with Crippen molar-refractivity contribution in [3.63, 3.8) is 0 Å². The molecule has 0 radical (unpaired) electrons. The van der Waals surface area contributed by atoms with Crippen molar-refractivity contribution in [2.75, 3.05) is 0 Å². The van der Waals surface area contributed by atoms with Crippen LogP contribution in [0.1, 0.15) is 0 Å². The number of benzene rings is 8. The Balaban J connectivity index is 1.56. The third kappa shape index (κ3) is 4.18. The highest BCUT2D eigenvalue weighted by molar-refractivity contribution is 7.04. The molecule has 212 valence electrons. The second kappa shape index (κ2) is 9.21. The topological polar surface area (TPSA) is 18.5 Å². The van der Waals surface area contributed by atoms with Crippen molar-refractivity contribution in [1.82, 2.24) is 0 Å². The Hall–Kier alpha value is -3.59. The summed E-state index contributed by atoms with van der Waals surface area (Å²) in [5.74, 6) is 0. The molecule has 0 aliphatic rings. The fourth-order valence-electron chi connectivity index (χ4n) is 7.29. The van der Waals surface area contributed by atoms with Crippen molar-refractivity contribution < 1.29 is 8.23 Å². The van der Waals surface area contributed by atoms with Gasteiger partial charge in [-0.1, -0.05) is 109 Å². The van der Waals surface area contributed by atoms with E-state index >= 15 is 0 Å². The van der Waals surface area contributed by atoms with Gasteiger partial charge < -0.3 is 8.23 Å². The summed E-state index contributed by atoms with van der Waals surface area (Å²) in [5, 5.41) is 17.9. The highest BCUT2D eigenvalue weighted by Gasteiger charge is 2.50. The molecule has 0 aliphatic heterocycles. The molecule has 0 aliphatic carbocycles. The lowest BCUT2D eigenvalue weighted by atomic mass is 9.94. The van der Waals surface area contributed by atoms with Gasteiger partial charge in [-0.3, -0.25) is 0 Å². The molecular formula is C38H36O2Si3. The van der Waals surface area contributed by atoms with Gasteiger partial charge in [0, 0.05) is 10.4 Å². The second-order valence-corrected chi connectivity index (χ2v) is 26.4. The summed E-state index contributed by atoms with van der Waals surface area (Å²) in [5.41, 5.74) is 0. The second-order valence-electron chi connectivity index (χ2n) is 14.0. The molecule has 0 saturated heterocycles. The normalized spacial score (nSPS) is 13.5. The molecule has 0 heterocycles. The Morgan fingerprint density at radius 2 is 0.651 bits per heavy atom. The van der Waals surface area contributed by atoms with Gasteiger partial charge in [-0.25, -0.2) is 0 Å². The zero-order valence-electron chi connectivity index (χ0n) is 25.7. The lowest BCUT2D eigenvalue weighted by molar-refractivity contribution is 0.414. The van der Waals surface area contributed by atoms with E-state index in [1.165, 1.54) is 75.0 Å². The summed E-state index contributed by atoms with van der Waals surface area (Å²) in [6, 6.07) is 40.8. The SMILES string of the molecule is C[Si](C)(C)O[Si](O[Si](C)(C)C)(c1ccc2ccc3cccc4ccc1c2c34)c1ccc2ccc3cccc4ccc1c2c34. The molecule has 5 heteroatoms. The van der Waals surface area contributed by atoms with Crippen molar-refractivity contribution in [2.24, 2.45) is 0 Å². The number of rotatable bonds is 6. The van der Waals surface area contributed by atoms with Gasteiger partial charge in [0.2, 0.25) is 0 Å². The Kier molecular flexibility index (Phi) is 5.78. The van der Waals surface area contributed by atoms with Crippen LogP contribution in [0.2, 0.25) is 39.3 Å². The minimum Gasteiger partial charge on any atom is -0.430 e. The van der Waals surface area contributed by atoms with E-state index < -0.39 is 25.2 Å². The summed E-state index contributed by atoms with van der Waals surface area (Å²) in [6.07, 6.45) is 0. The zero-order chi connectivity index (χ0) is 29.7. The minimum atomic E-state index is -3.28. The lowest BCUT2D eigenvalue weighted by Crippen LogP contribution is -2.70. The Morgan fingerprint density at radius 1 is 0.349 bits per heavy atom. The Labute approximate surface area is 256 Å². The summed E-state index contributed by atoms with van der Waals surface area (Å²) < 4.78 is 15.3. The molecule has 0 atom stereocenters. The molecule has 8 aromatic carbocycles. The first-order valence-corrected chi connectivity index (χ1v) is 23.9. The first kappa shape index (κ1) is 27.0. The largest absolute Gasteiger partial charge is 0.430 e. The van der Waals surface area contributed by atoms with Crippen molar-refractivity contribution in [2.45, 2.75) is 39.3 Å². The van der Waals surface area contributed by atoms with Crippen LogP contribution in [0.25, 0.3) is 64.6 Å². The number of hydrogen-bond acceptors (Lipinski definition) is 2. The van der Waals surface area contributed by atoms with Crippen LogP contribution in [-0.2, 0) is 8.23 Å². The third-order valence-electron chi connectivity index (χ3n) is 8.67. The molecule has 0 saturated carbocycles. The lowest BCUT2D eigenvalue weighted by Gasteiger charge is -2.42. The average Bonchev–Trinajstić information content (AvgIpc) is 2.96. The van der Waals surface area contributed by atoms with Crippen molar-refractivity contribution >= 4 is 100 Å². The molecule has 8 aromatic rings. The molecule has 2 nitrogen and oxygen atoms in total. The number of hydrogen-bond donors (Lipinski definition) is 0. The van der Waals surface area contributed by atoms with Crippen LogP contribution in [0.3, 0.4) is 0 Å². The maximum absolute atomic E-state index is 7.64. The standard InChI is InChI=1S/C38H36O2Si3/c1-41(2,3)39-43(40-42(4,5)6,33-23-19-29-15-13-25-9-7-11-27-17-21-31(33)37(29)35(25)27)34-24-20-30-16-14-26-10-8-12-28-18-22-32(34)38(30)36(26)28/h7-24H,1-6H3. The van der Waals surface area contributed by atoms with E-state index in [1.807, 2.05) is 0 Å². The molecule has 0 aromatic heterocycles. The van der Waals surface area contributed by atoms with Crippen LogP contribution in [0.5, 0.6) is 0 Å². The van der Waals surface area contributed by atoms with E-state index in [9.17, 15) is 0 Å². The van der Waals surface area contributed by atoms with Crippen molar-refractivity contribution in [3.8, 4) is 0 Å². The Morgan fingerprint density at radius 3 is 1.00 bits per heavy atom. The van der Waals surface area contributed by atoms with Crippen LogP contribution in [-0.4, -0.2) is 25.2 Å². The molecule has 0 amide bonds. The maximum Gasteiger partial charge on any atom is 0.387 e. The zero-order valence-corrected chi connectivity index (χ0v) is 28.7. The molecule has 0 spiro atoms. The van der Waals surface area contributed by atoms with E-state index in [-0.39, 0.29) is 0 Å². The predicted octanol–water partition coefficient (Wildman–Crippen LogP) is 9.74. The molecular weight excluding hydrogens is 573 g/mol. The van der Waals surface area contributed by atoms with E-state index in [0.717, 1.165) is 0 Å². The molecule has 0 N–H and O–H groups in total. The summed E-state index contributed by atoms with van der Waals surface area (Å²) >= 11 is 0. The summed E-state index contributed by atoms with van der Waals surface area (Å²) in [7, 11) is -7.54. The molecule has 0 fully saturated rings. The van der Waals surface area contributed by atoms with E-state index in [1.54, 1.807) is 0 Å². The van der Waals surface area contributed by atoms with E-state index in [2.05, 4.69) is 148 Å². The van der Waals surface area contributed by atoms with Gasteiger partial charge in [-0.05, 0) is 104 Å². The molecule has 0 unspecified atom stereocenters. The summed E-state index contributed by atoms with van der Waals surface area (Å²) in [6.45, 7) is 13.9. The third-order valence-corrected chi connectivity index (χ3v) is 18.2. The quantitative estimate of drug-likeness (QED) is 0.138. The summed E-state index contributed by atoms with van der Waals surface area (Å²) in [4.78, 5) is 0. The Bertz CT molecular complexity index is 2130. The van der Waals surface area contributed by atoms with Crippen LogP contribution >= 0.6 is 0 Å². The smallest absolute Gasteiger partial charge is 0.387 e. The van der Waals surface area contributed by atoms with Gasteiger partial charge in [-0.2, -0.15) is 0 Å². The molecule has 8 rings (SSSR count). The van der Waals surface area contributed by atoms with Crippen LogP contribution in [0.15, 0.2) is 109 Å². The van der Waals surface area contributed by atoms with E-state index in [4.69, 9.17) is 8.23 Å². The van der Waals surface area contributed by atoms with Gasteiger partial charge in [0.05, 0.1) is 0 Å². The van der Waals surface area contributed by atoms with Crippen LogP contribution < -0.4 is 10.4 Å². The average molecular weight is 609 g/mol. The maximum atomic E-state index is 7.64. The fraction of sp³-hybridized carbons (Fsp3) is 0.158. The van der Waals surface area contributed by atoms with Crippen molar-refractivity contribution in [1.29, 1.82) is 0 Å². The molecule has 0 bridgehead atoms. The molecule has 43 heavy (non-hydrogen) atoms. The van der Waals surface area contributed by atoms with Gasteiger partial charge in [0.15, 0.2) is 16.6 Å². The first-order chi connectivity index (χ1) is 20.5. The van der Waals surface area contributed by atoms with Crippen molar-refractivity contribution in [3.05, 3.63) is 109 Å². The van der Waals surface area contributed by atoms with Gasteiger partial charge >= 0.3 is 8.56 Å². The van der Waals surface area contributed by atoms with Gasteiger partial charge in [0.1, 0.15) is 0 Å². The van der Waals surface area contributed by atoms with Gasteiger partial charge in [0.25, 0.3) is 0 Å². The van der Waals surface area contributed by atoms with Gasteiger partial charge in [-0.15, -0.1) is 0 Å². The minimum absolute atomic E-state index is 1.23. The highest BCUT2D eigenvalue weighted by Crippen LogP contribution is 2.38. The van der Waals surface area contributed by atoms with Crippen LogP contribution in [0.4, 0.5) is 0 Å². The first-order valence-electron chi connectivity index (χ1n) is 15.3. The highest BCUT2D eigenvalue weighted by atomic mass is 28.5. The van der Waals surface area contributed by atoms with Crippen LogP contribution in [0, 0.1) is 0 Å². The fourth-order valence-corrected chi connectivity index (χ4v) is 18.5. The predicted molar refractivity (Wildman–Crippen MR) is 194 cm³/mol.